The molecule has 0 fully saturated rings. The lowest BCUT2D eigenvalue weighted by Gasteiger charge is -2.08. The zero-order valence-electron chi connectivity index (χ0n) is 11.0. The number of rotatable bonds is 5. The first-order chi connectivity index (χ1) is 9.83. The molecule has 2 rings (SSSR count). The van der Waals surface area contributed by atoms with Gasteiger partial charge in [0.25, 0.3) is 10.0 Å². The predicted octanol–water partition coefficient (Wildman–Crippen LogP) is 0.582. The summed E-state index contributed by atoms with van der Waals surface area (Å²) in [5.74, 6) is -0.685. The molecule has 2 aromatic rings. The summed E-state index contributed by atoms with van der Waals surface area (Å²) in [7, 11) is -3.90. The van der Waals surface area contributed by atoms with Crippen LogP contribution in [-0.2, 0) is 16.4 Å². The number of hydrogen-bond acceptors (Lipinski definition) is 7. The van der Waals surface area contributed by atoms with Gasteiger partial charge in [0, 0.05) is 5.56 Å². The zero-order chi connectivity index (χ0) is 15.6. The van der Waals surface area contributed by atoms with Crippen LogP contribution in [0.4, 0.5) is 10.8 Å². The molecule has 0 bridgehead atoms. The van der Waals surface area contributed by atoms with Crippen molar-refractivity contribution in [2.75, 3.05) is 10.5 Å². The van der Waals surface area contributed by atoms with Crippen molar-refractivity contribution < 1.29 is 13.2 Å². The average Bonchev–Trinajstić information content (AvgIpc) is 2.85. The smallest absolute Gasteiger partial charge is 0.265 e. The van der Waals surface area contributed by atoms with Crippen LogP contribution in [0, 0.1) is 0 Å². The Kier molecular flexibility index (Phi) is 4.09. The summed E-state index contributed by atoms with van der Waals surface area (Å²) in [5, 5.41) is 8.43. The van der Waals surface area contributed by atoms with Gasteiger partial charge in [-0.05, 0) is 24.6 Å². The maximum absolute atomic E-state index is 12.2. The van der Waals surface area contributed by atoms with Crippen LogP contribution in [0.1, 0.15) is 22.3 Å². The number of carbonyl (C=O) groups excluding carboxylic acids is 1. The molecule has 0 radical (unpaired) electrons. The molecule has 1 amide bonds. The summed E-state index contributed by atoms with van der Waals surface area (Å²) in [6.07, 6.45) is 0.662. The Labute approximate surface area is 125 Å². The van der Waals surface area contributed by atoms with E-state index in [1.807, 2.05) is 6.92 Å². The summed E-state index contributed by atoms with van der Waals surface area (Å²) in [5.41, 5.74) is 10.8. The van der Waals surface area contributed by atoms with Crippen LogP contribution in [0.25, 0.3) is 0 Å². The standard InChI is InChI=1S/C11H13N5O3S2/c1-2-9-14-15-11(20-9)16-21(18,19)8-4-3-6(10(13)17)5-7(8)12/h3-5H,2,12H2,1H3,(H2,13,17)(H,15,16). The topological polar surface area (TPSA) is 141 Å². The summed E-state index contributed by atoms with van der Waals surface area (Å²) in [4.78, 5) is 10.9. The number of nitrogen functional groups attached to an aromatic ring is 1. The Bertz CT molecular complexity index is 785. The molecule has 1 heterocycles. The van der Waals surface area contributed by atoms with Crippen molar-refractivity contribution in [3.05, 3.63) is 28.8 Å². The second-order valence-corrected chi connectivity index (χ2v) is 6.79. The quantitative estimate of drug-likeness (QED) is 0.686. The van der Waals surface area contributed by atoms with Gasteiger partial charge in [-0.15, -0.1) is 10.2 Å². The van der Waals surface area contributed by atoms with Gasteiger partial charge in [0.1, 0.15) is 9.90 Å². The van der Waals surface area contributed by atoms with E-state index in [2.05, 4.69) is 14.9 Å². The minimum absolute atomic E-state index is 0.0703. The molecule has 0 unspecified atom stereocenters. The van der Waals surface area contributed by atoms with Gasteiger partial charge in [-0.1, -0.05) is 18.3 Å². The fourth-order valence-electron chi connectivity index (χ4n) is 1.55. The van der Waals surface area contributed by atoms with Crippen molar-refractivity contribution in [1.82, 2.24) is 10.2 Å². The lowest BCUT2D eigenvalue weighted by Crippen LogP contribution is -2.16. The number of carbonyl (C=O) groups is 1. The van der Waals surface area contributed by atoms with Gasteiger partial charge in [-0.3, -0.25) is 9.52 Å². The Morgan fingerprint density at radius 3 is 2.62 bits per heavy atom. The van der Waals surface area contributed by atoms with E-state index in [9.17, 15) is 13.2 Å². The number of anilines is 2. The van der Waals surface area contributed by atoms with E-state index in [4.69, 9.17) is 11.5 Å². The number of hydrogen-bond donors (Lipinski definition) is 3. The van der Waals surface area contributed by atoms with Gasteiger partial charge >= 0.3 is 0 Å². The number of benzene rings is 1. The second-order valence-electron chi connectivity index (χ2n) is 4.08. The van der Waals surface area contributed by atoms with Gasteiger partial charge in [0.15, 0.2) is 0 Å². The molecule has 1 aromatic carbocycles. The van der Waals surface area contributed by atoms with Crippen molar-refractivity contribution in [3.8, 4) is 0 Å². The highest BCUT2D eigenvalue weighted by Gasteiger charge is 2.20. The molecule has 0 saturated carbocycles. The van der Waals surface area contributed by atoms with Crippen molar-refractivity contribution in [2.45, 2.75) is 18.2 Å². The molecular formula is C11H13N5O3S2. The number of nitrogens with two attached hydrogens (primary N) is 2. The number of nitrogens with zero attached hydrogens (tertiary/aromatic N) is 2. The molecule has 0 spiro atoms. The highest BCUT2D eigenvalue weighted by molar-refractivity contribution is 7.93. The summed E-state index contributed by atoms with van der Waals surface area (Å²) >= 11 is 1.14. The Balaban J connectivity index is 2.33. The van der Waals surface area contributed by atoms with E-state index in [0.29, 0.717) is 11.4 Å². The number of aromatic nitrogens is 2. The average molecular weight is 327 g/mol. The molecule has 5 N–H and O–H groups in total. The maximum Gasteiger partial charge on any atom is 0.265 e. The van der Waals surface area contributed by atoms with Crippen molar-refractivity contribution in [1.29, 1.82) is 0 Å². The maximum atomic E-state index is 12.2. The molecule has 8 nitrogen and oxygen atoms in total. The van der Waals surface area contributed by atoms with Crippen LogP contribution in [0.3, 0.4) is 0 Å². The van der Waals surface area contributed by atoms with E-state index < -0.39 is 15.9 Å². The van der Waals surface area contributed by atoms with Crippen LogP contribution < -0.4 is 16.2 Å². The van der Waals surface area contributed by atoms with Crippen LogP contribution in [0.5, 0.6) is 0 Å². The largest absolute Gasteiger partial charge is 0.398 e. The lowest BCUT2D eigenvalue weighted by molar-refractivity contribution is 0.1000. The van der Waals surface area contributed by atoms with Gasteiger partial charge < -0.3 is 11.5 Å². The minimum Gasteiger partial charge on any atom is -0.398 e. The SMILES string of the molecule is CCc1nnc(NS(=O)(=O)c2ccc(C(N)=O)cc2N)s1. The van der Waals surface area contributed by atoms with E-state index in [1.54, 1.807) is 0 Å². The van der Waals surface area contributed by atoms with Gasteiger partial charge in [-0.2, -0.15) is 0 Å². The first kappa shape index (κ1) is 15.2. The lowest BCUT2D eigenvalue weighted by atomic mass is 10.2. The van der Waals surface area contributed by atoms with Crippen molar-refractivity contribution in [3.63, 3.8) is 0 Å². The Morgan fingerprint density at radius 1 is 1.38 bits per heavy atom. The Hall–Kier alpha value is -2.20. The molecule has 0 atom stereocenters. The second kappa shape index (κ2) is 5.66. The summed E-state index contributed by atoms with van der Waals surface area (Å²) < 4.78 is 26.8. The van der Waals surface area contributed by atoms with E-state index >= 15 is 0 Å². The highest BCUT2D eigenvalue weighted by Crippen LogP contribution is 2.24. The molecule has 0 aliphatic carbocycles. The third-order valence-electron chi connectivity index (χ3n) is 2.57. The number of amides is 1. The van der Waals surface area contributed by atoms with Crippen LogP contribution in [0.2, 0.25) is 0 Å². The third-order valence-corrected chi connectivity index (χ3v) is 5.10. The molecule has 0 saturated heterocycles. The van der Waals surface area contributed by atoms with E-state index in [-0.39, 0.29) is 21.3 Å². The third kappa shape index (κ3) is 3.28. The van der Waals surface area contributed by atoms with E-state index in [0.717, 1.165) is 11.3 Å². The van der Waals surface area contributed by atoms with Crippen LogP contribution >= 0.6 is 11.3 Å². The normalized spacial score (nSPS) is 11.3. The number of nitrogens with one attached hydrogen (secondary N) is 1. The first-order valence-electron chi connectivity index (χ1n) is 5.88. The number of aryl methyl sites for hydroxylation is 1. The molecule has 21 heavy (non-hydrogen) atoms. The summed E-state index contributed by atoms with van der Waals surface area (Å²) in [6, 6.07) is 3.73. The number of primary amides is 1. The Morgan fingerprint density at radius 2 is 2.10 bits per heavy atom. The molecule has 0 aliphatic rings. The predicted molar refractivity (Wildman–Crippen MR) is 79.5 cm³/mol. The van der Waals surface area contributed by atoms with Gasteiger partial charge in [0.2, 0.25) is 11.0 Å². The van der Waals surface area contributed by atoms with Crippen LogP contribution in [0.15, 0.2) is 23.1 Å². The molecule has 0 aliphatic heterocycles. The number of sulfonamides is 1. The van der Waals surface area contributed by atoms with E-state index in [1.165, 1.54) is 18.2 Å². The fourth-order valence-corrected chi connectivity index (χ4v) is 3.58. The van der Waals surface area contributed by atoms with Gasteiger partial charge in [-0.25, -0.2) is 8.42 Å². The molecule has 112 valence electrons. The van der Waals surface area contributed by atoms with Crippen molar-refractivity contribution in [2.24, 2.45) is 5.73 Å². The fraction of sp³-hybridized carbons (Fsp3) is 0.182. The first-order valence-corrected chi connectivity index (χ1v) is 8.18. The minimum atomic E-state index is -3.90. The molecule has 1 aromatic heterocycles. The molecular weight excluding hydrogens is 314 g/mol. The molecule has 10 heteroatoms. The highest BCUT2D eigenvalue weighted by atomic mass is 32.2. The van der Waals surface area contributed by atoms with Crippen LogP contribution in [-0.4, -0.2) is 24.5 Å². The van der Waals surface area contributed by atoms with Gasteiger partial charge in [0.05, 0.1) is 5.69 Å². The monoisotopic (exact) mass is 327 g/mol. The summed E-state index contributed by atoms with van der Waals surface area (Å²) in [6.45, 7) is 1.89. The van der Waals surface area contributed by atoms with Crippen molar-refractivity contribution >= 4 is 38.1 Å². The zero-order valence-corrected chi connectivity index (χ0v) is 12.7.